The summed E-state index contributed by atoms with van der Waals surface area (Å²) in [5.74, 6) is 1.00. The Morgan fingerprint density at radius 1 is 1.11 bits per heavy atom. The molecule has 3 N–H and O–H groups in total. The number of tetrazole rings is 1. The van der Waals surface area contributed by atoms with Crippen LogP contribution in [0.15, 0.2) is 52.7 Å². The number of anilines is 2. The zero-order valence-electron chi connectivity index (χ0n) is 21.6. The van der Waals surface area contributed by atoms with Crippen molar-refractivity contribution in [2.75, 3.05) is 10.4 Å². The summed E-state index contributed by atoms with van der Waals surface area (Å²) in [6, 6.07) is 13.4. The fourth-order valence-corrected chi connectivity index (χ4v) is 5.06. The first-order valence-corrected chi connectivity index (χ1v) is 12.6. The van der Waals surface area contributed by atoms with Crippen LogP contribution in [0.4, 0.5) is 11.4 Å². The van der Waals surface area contributed by atoms with Gasteiger partial charge < -0.3 is 5.11 Å². The largest absolute Gasteiger partial charge is 0.505 e. The molecule has 192 valence electrons. The fraction of sp³-hybridized carbons (Fsp3) is 0.407. The van der Waals surface area contributed by atoms with Crippen LogP contribution in [0.3, 0.4) is 0 Å². The van der Waals surface area contributed by atoms with Gasteiger partial charge in [-0.3, -0.25) is 10.2 Å². The summed E-state index contributed by atoms with van der Waals surface area (Å²) in [5, 5.41) is 35.6. The predicted octanol–water partition coefficient (Wildman–Crippen LogP) is 4.83. The highest BCUT2D eigenvalue weighted by atomic mass is 16.3. The lowest BCUT2D eigenvalue weighted by Crippen LogP contribution is -2.28. The monoisotopic (exact) mass is 500 g/mol. The predicted molar refractivity (Wildman–Crippen MR) is 143 cm³/mol. The quantitative estimate of drug-likeness (QED) is 0.339. The molecule has 10 nitrogen and oxygen atoms in total. The Hall–Kier alpha value is -4.08. The highest BCUT2D eigenvalue weighted by Crippen LogP contribution is 2.44. The summed E-state index contributed by atoms with van der Waals surface area (Å²) in [6.45, 7) is 8.19. The lowest BCUT2D eigenvalue weighted by atomic mass is 9.77. The van der Waals surface area contributed by atoms with E-state index in [-0.39, 0.29) is 34.6 Å². The van der Waals surface area contributed by atoms with E-state index in [4.69, 9.17) is 0 Å². The summed E-state index contributed by atoms with van der Waals surface area (Å²) in [4.78, 5) is 13.1. The smallest absolute Gasteiger partial charge is 0.301 e. The Kier molecular flexibility index (Phi) is 6.49. The third kappa shape index (κ3) is 4.96. The van der Waals surface area contributed by atoms with Crippen LogP contribution >= 0.6 is 0 Å². The molecule has 5 rings (SSSR count). The molecule has 10 heteroatoms. The molecule has 37 heavy (non-hydrogen) atoms. The first-order valence-electron chi connectivity index (χ1n) is 12.6. The molecule has 0 radical (unpaired) electrons. The molecule has 2 aliphatic rings. The number of nitrogens with one attached hydrogen (secondary N) is 2. The topological polar surface area (TPSA) is 132 Å². The first kappa shape index (κ1) is 24.6. The zero-order valence-corrected chi connectivity index (χ0v) is 21.6. The second-order valence-corrected chi connectivity index (χ2v) is 10.8. The van der Waals surface area contributed by atoms with Gasteiger partial charge in [0, 0.05) is 5.92 Å². The van der Waals surface area contributed by atoms with E-state index in [1.54, 1.807) is 13.0 Å². The number of amides is 1. The average Bonchev–Trinajstić information content (AvgIpc) is 3.52. The van der Waals surface area contributed by atoms with Gasteiger partial charge in [-0.05, 0) is 77.3 Å². The minimum Gasteiger partial charge on any atom is -0.505 e. The summed E-state index contributed by atoms with van der Waals surface area (Å²) in [6.07, 6.45) is 3.84. The number of hydrogen-bond donors (Lipinski definition) is 3. The Balaban J connectivity index is 1.32. The molecule has 1 aliphatic heterocycles. The molecule has 2 atom stereocenters. The van der Waals surface area contributed by atoms with Gasteiger partial charge in [-0.1, -0.05) is 51.5 Å². The molecule has 2 heterocycles. The standard InChI is InChI=1S/C27H32N8O2/c1-16-23(26(37)35(32-16)20-13-11-19(12-14-20)27(2,3)4)29-28-22-10-6-9-21(24(22)36)17-7-5-8-18(15-17)25-30-33-34-31-25/h6,9-14,17-18,28,36H,5,7-8,15H2,1-4H3,(H,30,31,33,34). The van der Waals surface area contributed by atoms with Crippen molar-refractivity contribution in [1.82, 2.24) is 20.6 Å². The Morgan fingerprint density at radius 2 is 1.86 bits per heavy atom. The molecule has 1 aromatic heterocycles. The molecule has 0 saturated heterocycles. The maximum Gasteiger partial charge on any atom is 0.301 e. The van der Waals surface area contributed by atoms with Crippen molar-refractivity contribution >= 4 is 28.7 Å². The molecular formula is C27H32N8O2. The number of hydrazone groups is 2. The number of hydrogen-bond acceptors (Lipinski definition) is 8. The molecule has 2 unspecified atom stereocenters. The van der Waals surface area contributed by atoms with Crippen LogP contribution in [0, 0.1) is 0 Å². The Morgan fingerprint density at radius 3 is 2.57 bits per heavy atom. The van der Waals surface area contributed by atoms with Crippen LogP contribution in [-0.4, -0.2) is 43.1 Å². The number of phenols is 1. The molecule has 3 aromatic rings. The summed E-state index contributed by atoms with van der Waals surface area (Å²) >= 11 is 0. The van der Waals surface area contributed by atoms with Gasteiger partial charge in [0.05, 0.1) is 17.1 Å². The van der Waals surface area contributed by atoms with Crippen LogP contribution in [0.2, 0.25) is 0 Å². The number of benzene rings is 2. The normalized spacial score (nSPS) is 21.4. The van der Waals surface area contributed by atoms with Gasteiger partial charge in [-0.25, -0.2) is 5.10 Å². The lowest BCUT2D eigenvalue weighted by molar-refractivity contribution is -0.112. The van der Waals surface area contributed by atoms with Crippen molar-refractivity contribution in [2.45, 2.75) is 70.6 Å². The first-order chi connectivity index (χ1) is 17.7. The van der Waals surface area contributed by atoms with Gasteiger partial charge in [0.15, 0.2) is 11.5 Å². The van der Waals surface area contributed by atoms with Crippen molar-refractivity contribution in [3.8, 4) is 5.75 Å². The maximum atomic E-state index is 13.1. The van der Waals surface area contributed by atoms with E-state index in [1.807, 2.05) is 36.4 Å². The number of carbonyl (C=O) groups is 1. The van der Waals surface area contributed by atoms with Gasteiger partial charge >= 0.3 is 5.91 Å². The number of nitrogens with zero attached hydrogens (tertiary/aromatic N) is 6. The average molecular weight is 501 g/mol. The Bertz CT molecular complexity index is 1340. The van der Waals surface area contributed by atoms with Gasteiger partial charge in [0.25, 0.3) is 0 Å². The molecule has 1 amide bonds. The minimum absolute atomic E-state index is 0.0194. The van der Waals surface area contributed by atoms with Gasteiger partial charge in [0.2, 0.25) is 0 Å². The van der Waals surface area contributed by atoms with E-state index in [9.17, 15) is 9.90 Å². The molecule has 1 fully saturated rings. The summed E-state index contributed by atoms with van der Waals surface area (Å²) in [5.41, 5.74) is 6.80. The van der Waals surface area contributed by atoms with E-state index < -0.39 is 0 Å². The van der Waals surface area contributed by atoms with Crippen LogP contribution in [0.1, 0.15) is 82.2 Å². The van der Waals surface area contributed by atoms with Crippen molar-refractivity contribution in [2.24, 2.45) is 10.2 Å². The Labute approximate surface area is 215 Å². The third-order valence-corrected chi connectivity index (χ3v) is 7.18. The number of phenolic OH excluding ortho intramolecular Hbond substituents is 1. The molecular weight excluding hydrogens is 468 g/mol. The highest BCUT2D eigenvalue weighted by Gasteiger charge is 2.32. The van der Waals surface area contributed by atoms with Crippen LogP contribution < -0.4 is 10.4 Å². The highest BCUT2D eigenvalue weighted by molar-refractivity contribution is 6.71. The summed E-state index contributed by atoms with van der Waals surface area (Å²) < 4.78 is 0. The SMILES string of the molecule is CC1=NN(c2ccc(C(C)(C)C)cc2)C(=O)C1=NNc1cccc(C2CCCC(c3nnn[nH]3)C2)c1O. The van der Waals surface area contributed by atoms with Gasteiger partial charge in [-0.15, -0.1) is 5.10 Å². The molecule has 1 saturated carbocycles. The second kappa shape index (κ2) is 9.76. The summed E-state index contributed by atoms with van der Waals surface area (Å²) in [7, 11) is 0. The van der Waals surface area contributed by atoms with Gasteiger partial charge in [0.1, 0.15) is 5.75 Å². The van der Waals surface area contributed by atoms with Crippen molar-refractivity contribution in [3.63, 3.8) is 0 Å². The fourth-order valence-electron chi connectivity index (χ4n) is 5.06. The molecule has 2 aromatic carbocycles. The van der Waals surface area contributed by atoms with Crippen LogP contribution in [0.5, 0.6) is 5.75 Å². The number of carbonyl (C=O) groups excluding carboxylic acids is 1. The van der Waals surface area contributed by atoms with E-state index in [0.29, 0.717) is 17.1 Å². The molecule has 1 aliphatic carbocycles. The molecule has 0 bridgehead atoms. The zero-order chi connectivity index (χ0) is 26.2. The number of para-hydroxylation sites is 1. The van der Waals surface area contributed by atoms with Gasteiger partial charge in [-0.2, -0.15) is 15.2 Å². The number of aromatic hydroxyl groups is 1. The van der Waals surface area contributed by atoms with Crippen molar-refractivity contribution in [1.29, 1.82) is 0 Å². The van der Waals surface area contributed by atoms with E-state index in [1.165, 1.54) is 10.6 Å². The molecule has 0 spiro atoms. The van der Waals surface area contributed by atoms with Crippen molar-refractivity contribution in [3.05, 3.63) is 59.4 Å². The number of rotatable bonds is 5. The third-order valence-electron chi connectivity index (χ3n) is 7.18. The van der Waals surface area contributed by atoms with E-state index >= 15 is 0 Å². The van der Waals surface area contributed by atoms with Crippen LogP contribution in [-0.2, 0) is 10.2 Å². The minimum atomic E-state index is -0.319. The van der Waals surface area contributed by atoms with Crippen molar-refractivity contribution < 1.29 is 9.90 Å². The second-order valence-electron chi connectivity index (χ2n) is 10.8. The number of aromatic nitrogens is 4. The number of aromatic amines is 1. The maximum absolute atomic E-state index is 13.1. The number of H-pyrrole nitrogens is 1. The van der Waals surface area contributed by atoms with Crippen LogP contribution in [0.25, 0.3) is 0 Å². The van der Waals surface area contributed by atoms with E-state index in [0.717, 1.165) is 37.1 Å². The lowest BCUT2D eigenvalue weighted by Gasteiger charge is -2.28. The van der Waals surface area contributed by atoms with E-state index in [2.05, 4.69) is 57.0 Å².